The van der Waals surface area contributed by atoms with Crippen molar-refractivity contribution in [3.63, 3.8) is 0 Å². The van der Waals surface area contributed by atoms with E-state index in [2.05, 4.69) is 148 Å². The second-order valence-electron chi connectivity index (χ2n) is 12.3. The zero-order valence-corrected chi connectivity index (χ0v) is 26.3. The Bertz CT molecular complexity index is 1790. The molecule has 0 amide bonds. The fourth-order valence-corrected chi connectivity index (χ4v) is 6.52. The summed E-state index contributed by atoms with van der Waals surface area (Å²) in [5.41, 5.74) is 7.19. The third kappa shape index (κ3) is 4.75. The number of hydrogen-bond donors (Lipinski definition) is 0. The monoisotopic (exact) mass is 711 g/mol. The normalized spacial score (nSPS) is 14.8. The van der Waals surface area contributed by atoms with Gasteiger partial charge >= 0.3 is 204 Å². The van der Waals surface area contributed by atoms with Crippen molar-refractivity contribution in [2.45, 2.75) is 58.4 Å². The Morgan fingerprint density at radius 2 is 1.62 bits per heavy atom. The minimum absolute atomic E-state index is 0.0520. The van der Waals surface area contributed by atoms with Crippen molar-refractivity contribution in [2.75, 3.05) is 4.90 Å². The average Bonchev–Trinajstić information content (AvgIpc) is 3.17. The van der Waals surface area contributed by atoms with E-state index in [1.807, 2.05) is 12.3 Å². The van der Waals surface area contributed by atoms with E-state index in [4.69, 9.17) is 9.72 Å². The number of ether oxygens (including phenoxy) is 1. The van der Waals surface area contributed by atoms with Gasteiger partial charge in [0.15, 0.2) is 0 Å². The summed E-state index contributed by atoms with van der Waals surface area (Å²) >= 11 is 2.39. The first-order chi connectivity index (χ1) is 19.0. The zero-order chi connectivity index (χ0) is 28.2. The molecule has 5 nitrogen and oxygen atoms in total. The van der Waals surface area contributed by atoms with E-state index in [0.717, 1.165) is 39.7 Å². The molecule has 0 unspecified atom stereocenters. The Morgan fingerprint density at radius 3 is 2.40 bits per heavy atom. The Hall–Kier alpha value is -3.43. The molecule has 0 fully saturated rings. The molecule has 1 aliphatic heterocycles. The van der Waals surface area contributed by atoms with Crippen molar-refractivity contribution < 1.29 is 24.1 Å². The van der Waals surface area contributed by atoms with Crippen LogP contribution in [-0.4, -0.2) is 19.7 Å². The molecule has 6 rings (SSSR count). The van der Waals surface area contributed by atoms with Crippen LogP contribution in [-0.2, 0) is 38.2 Å². The molecule has 0 atom stereocenters. The number of aryl methyl sites for hydroxylation is 2. The Morgan fingerprint density at radius 1 is 0.875 bits per heavy atom. The van der Waals surface area contributed by atoms with Gasteiger partial charge in [0.2, 0.25) is 0 Å². The van der Waals surface area contributed by atoms with Crippen molar-refractivity contribution in [3.05, 3.63) is 100.0 Å². The topological polar surface area (TPSA) is 35.2 Å². The Labute approximate surface area is 247 Å². The maximum absolute atomic E-state index is 6.53. The molecule has 0 radical (unpaired) electrons. The SMILES string of the molecule is Cn1[c](=[Pt])n(-c2cccc(Oc3ccc4c(c3)N(c3cc(C(C)(C)C)ccn3)C(C)(C)CC4)c2)c2ccccc21. The van der Waals surface area contributed by atoms with E-state index >= 15 is 0 Å². The van der Waals surface area contributed by atoms with Gasteiger partial charge in [-0.3, -0.25) is 0 Å². The molecule has 0 saturated carbocycles. The van der Waals surface area contributed by atoms with Gasteiger partial charge in [-0.1, -0.05) is 20.8 Å². The quantitative estimate of drug-likeness (QED) is 0.188. The van der Waals surface area contributed by atoms with Gasteiger partial charge in [0.05, 0.1) is 0 Å². The van der Waals surface area contributed by atoms with Crippen LogP contribution in [0.15, 0.2) is 85.1 Å². The predicted octanol–water partition coefficient (Wildman–Crippen LogP) is 8.40. The number of benzene rings is 3. The molecule has 3 aromatic carbocycles. The van der Waals surface area contributed by atoms with Crippen LogP contribution < -0.4 is 9.64 Å². The Balaban J connectivity index is 1.38. The molecule has 0 spiro atoms. The van der Waals surface area contributed by atoms with Crippen LogP contribution in [0.5, 0.6) is 11.5 Å². The maximum atomic E-state index is 6.53. The molecule has 208 valence electrons. The van der Waals surface area contributed by atoms with Crippen molar-refractivity contribution in [3.8, 4) is 17.2 Å². The minimum atomic E-state index is -0.0726. The summed E-state index contributed by atoms with van der Waals surface area (Å²) in [6.07, 6.45) is 4.03. The second kappa shape index (κ2) is 9.89. The van der Waals surface area contributed by atoms with Gasteiger partial charge in [-0.2, -0.15) is 0 Å². The van der Waals surface area contributed by atoms with Crippen LogP contribution in [0.1, 0.15) is 52.2 Å². The number of para-hydroxylation sites is 2. The number of fused-ring (bicyclic) bond motifs is 2. The molecule has 0 bridgehead atoms. The standard InChI is InChI=1S/C34H36N4O.Pt/c1-33(2,3)25-17-19-35-32(20-25)38-31-22-28(15-14-24(31)16-18-34(38,4)5)39-27-11-9-10-26(21-27)37-23-36(6)29-12-7-8-13-30(29)37;/h7-15,17,19-22H,16,18H2,1-6H3;. The van der Waals surface area contributed by atoms with Gasteiger partial charge in [0.25, 0.3) is 0 Å². The average molecular weight is 712 g/mol. The fraction of sp³-hybridized carbons (Fsp3) is 0.294. The molecular weight excluding hydrogens is 675 g/mol. The number of aromatic nitrogens is 3. The van der Waals surface area contributed by atoms with Crippen LogP contribution in [0.2, 0.25) is 0 Å². The van der Waals surface area contributed by atoms with Gasteiger partial charge in [0.1, 0.15) is 0 Å². The van der Waals surface area contributed by atoms with Gasteiger partial charge < -0.3 is 0 Å². The summed E-state index contributed by atoms with van der Waals surface area (Å²) in [6, 6.07) is 27.7. The van der Waals surface area contributed by atoms with E-state index in [9.17, 15) is 0 Å². The molecule has 6 heteroatoms. The third-order valence-corrected chi connectivity index (χ3v) is 9.24. The first-order valence-electron chi connectivity index (χ1n) is 13.8. The van der Waals surface area contributed by atoms with E-state index < -0.39 is 0 Å². The number of imidazole rings is 1. The van der Waals surface area contributed by atoms with Crippen LogP contribution >= 0.6 is 0 Å². The number of rotatable bonds is 4. The summed E-state index contributed by atoms with van der Waals surface area (Å²) in [4.78, 5) is 7.25. The number of nitrogens with zero attached hydrogens (tertiary/aromatic N) is 4. The summed E-state index contributed by atoms with van der Waals surface area (Å²) < 4.78 is 12.1. The molecule has 5 aromatic rings. The molecule has 2 aromatic heterocycles. The molecule has 0 aliphatic carbocycles. The third-order valence-electron chi connectivity index (χ3n) is 7.97. The van der Waals surface area contributed by atoms with E-state index in [1.165, 1.54) is 27.8 Å². The van der Waals surface area contributed by atoms with Gasteiger partial charge in [0, 0.05) is 6.20 Å². The first kappa shape index (κ1) is 26.8. The molecule has 0 saturated heterocycles. The van der Waals surface area contributed by atoms with Crippen LogP contribution in [0.4, 0.5) is 11.5 Å². The fourth-order valence-electron chi connectivity index (χ4n) is 5.68. The van der Waals surface area contributed by atoms with Gasteiger partial charge in [-0.15, -0.1) is 0 Å². The second-order valence-corrected chi connectivity index (χ2v) is 13.3. The number of hydrogen-bond acceptors (Lipinski definition) is 3. The van der Waals surface area contributed by atoms with Crippen molar-refractivity contribution in [1.82, 2.24) is 14.1 Å². The van der Waals surface area contributed by atoms with Crippen LogP contribution in [0.3, 0.4) is 0 Å². The van der Waals surface area contributed by atoms with E-state index in [1.54, 1.807) is 0 Å². The van der Waals surface area contributed by atoms with E-state index in [0.29, 0.717) is 0 Å². The first-order valence-corrected chi connectivity index (χ1v) is 15.0. The van der Waals surface area contributed by atoms with E-state index in [-0.39, 0.29) is 11.0 Å². The predicted molar refractivity (Wildman–Crippen MR) is 159 cm³/mol. The van der Waals surface area contributed by atoms with Crippen LogP contribution in [0.25, 0.3) is 16.7 Å². The van der Waals surface area contributed by atoms with Crippen LogP contribution in [0, 0.1) is 3.80 Å². The summed E-state index contributed by atoms with van der Waals surface area (Å²) in [5, 5.41) is 0. The van der Waals surface area contributed by atoms with Crippen molar-refractivity contribution in [2.24, 2.45) is 7.05 Å². The van der Waals surface area contributed by atoms with Gasteiger partial charge in [-0.25, -0.2) is 0 Å². The summed E-state index contributed by atoms with van der Waals surface area (Å²) in [6.45, 7) is 11.4. The molecule has 40 heavy (non-hydrogen) atoms. The Kier molecular flexibility index (Phi) is 6.62. The molecule has 0 N–H and O–H groups in total. The van der Waals surface area contributed by atoms with Gasteiger partial charge in [-0.05, 0) is 17.0 Å². The molecular formula is C34H36N4OPt. The molecule has 1 aliphatic rings. The number of pyridine rings is 1. The van der Waals surface area contributed by atoms with Crippen molar-refractivity contribution >= 4 is 22.5 Å². The summed E-state index contributed by atoms with van der Waals surface area (Å²) in [7, 11) is 2.11. The number of anilines is 2. The zero-order valence-electron chi connectivity index (χ0n) is 24.0. The van der Waals surface area contributed by atoms with Crippen molar-refractivity contribution in [1.29, 1.82) is 0 Å². The molecule has 3 heterocycles. The summed E-state index contributed by atoms with van der Waals surface area (Å²) in [5.74, 6) is 2.62.